The van der Waals surface area contributed by atoms with Crippen molar-refractivity contribution < 1.29 is 36.6 Å². The molecule has 0 bridgehead atoms. The van der Waals surface area contributed by atoms with Crippen LogP contribution >= 0.6 is 23.1 Å². The molecule has 0 atom stereocenters. The Morgan fingerprint density at radius 1 is 1.07 bits per heavy atom. The van der Waals surface area contributed by atoms with Gasteiger partial charge in [0.2, 0.25) is 0 Å². The first-order valence-corrected chi connectivity index (χ1v) is 9.65. The first kappa shape index (κ1) is 22.3. The van der Waals surface area contributed by atoms with E-state index in [1.165, 1.54) is 13.8 Å². The SMILES string of the molecule is C/C(SCCO)=C(/C)C1=C(c2cc(CO)sc2C)C(F)(F)C(F)(F)C1(F)F. The van der Waals surface area contributed by atoms with Gasteiger partial charge in [-0.25, -0.2) is 0 Å². The van der Waals surface area contributed by atoms with Crippen molar-refractivity contribution in [3.63, 3.8) is 0 Å². The second-order valence-electron chi connectivity index (χ2n) is 6.07. The number of aryl methyl sites for hydroxylation is 1. The molecule has 0 radical (unpaired) electrons. The van der Waals surface area contributed by atoms with Gasteiger partial charge in [-0.1, -0.05) is 0 Å². The third kappa shape index (κ3) is 3.34. The van der Waals surface area contributed by atoms with Crippen LogP contribution in [0.1, 0.15) is 29.2 Å². The van der Waals surface area contributed by atoms with Crippen molar-refractivity contribution in [3.8, 4) is 0 Å². The van der Waals surface area contributed by atoms with Gasteiger partial charge in [-0.15, -0.1) is 23.1 Å². The molecule has 2 rings (SSSR count). The van der Waals surface area contributed by atoms with Gasteiger partial charge in [0, 0.05) is 26.7 Å². The molecular weight excluding hydrogens is 414 g/mol. The van der Waals surface area contributed by atoms with E-state index in [1.807, 2.05) is 0 Å². The Labute approximate surface area is 160 Å². The van der Waals surface area contributed by atoms with Crippen molar-refractivity contribution in [2.75, 3.05) is 12.4 Å². The predicted molar refractivity (Wildman–Crippen MR) is 94.7 cm³/mol. The average Bonchev–Trinajstić information content (AvgIpc) is 3.00. The normalized spacial score (nSPS) is 21.6. The Balaban J connectivity index is 2.85. The van der Waals surface area contributed by atoms with Crippen LogP contribution in [0.2, 0.25) is 0 Å². The smallest absolute Gasteiger partial charge is 0.380 e. The molecular formula is C17H18F6O2S2. The molecule has 0 aromatic carbocycles. The van der Waals surface area contributed by atoms with Gasteiger partial charge >= 0.3 is 17.8 Å². The van der Waals surface area contributed by atoms with Gasteiger partial charge in [-0.2, -0.15) is 26.3 Å². The second-order valence-corrected chi connectivity index (χ2v) is 8.72. The molecule has 0 aliphatic heterocycles. The van der Waals surface area contributed by atoms with Gasteiger partial charge in [0.15, 0.2) is 0 Å². The molecule has 152 valence electrons. The summed E-state index contributed by atoms with van der Waals surface area (Å²) in [6, 6.07) is 1.05. The quantitative estimate of drug-likeness (QED) is 0.604. The third-order valence-electron chi connectivity index (χ3n) is 4.37. The van der Waals surface area contributed by atoms with Crippen molar-refractivity contribution >= 4 is 28.7 Å². The number of thioether (sulfide) groups is 1. The number of aliphatic hydroxyl groups is 2. The number of halogens is 6. The fraction of sp³-hybridized carbons (Fsp3) is 0.529. The van der Waals surface area contributed by atoms with Crippen LogP contribution in [0.25, 0.3) is 5.57 Å². The molecule has 1 aliphatic carbocycles. The first-order valence-electron chi connectivity index (χ1n) is 7.85. The number of aliphatic hydroxyl groups excluding tert-OH is 2. The van der Waals surface area contributed by atoms with Crippen molar-refractivity contribution in [2.24, 2.45) is 0 Å². The molecule has 10 heteroatoms. The minimum atomic E-state index is -5.60. The number of hydrogen-bond donors (Lipinski definition) is 2. The summed E-state index contributed by atoms with van der Waals surface area (Å²) in [5.74, 6) is -15.7. The predicted octanol–water partition coefficient (Wildman–Crippen LogP) is 5.24. The summed E-state index contributed by atoms with van der Waals surface area (Å²) in [5, 5.41) is 18.0. The highest BCUT2D eigenvalue weighted by atomic mass is 32.2. The second kappa shape index (κ2) is 7.46. The monoisotopic (exact) mass is 432 g/mol. The topological polar surface area (TPSA) is 40.5 Å². The fourth-order valence-corrected chi connectivity index (χ4v) is 4.53. The Hall–Kier alpha value is -0.970. The summed E-state index contributed by atoms with van der Waals surface area (Å²) >= 11 is 1.80. The van der Waals surface area contributed by atoms with E-state index in [9.17, 15) is 31.4 Å². The Morgan fingerprint density at radius 3 is 2.15 bits per heavy atom. The highest BCUT2D eigenvalue weighted by molar-refractivity contribution is 8.03. The molecule has 1 aliphatic rings. The summed E-state index contributed by atoms with van der Waals surface area (Å²) in [7, 11) is 0. The molecule has 2 N–H and O–H groups in total. The van der Waals surface area contributed by atoms with Crippen molar-refractivity contribution in [2.45, 2.75) is 45.1 Å². The maximum Gasteiger partial charge on any atom is 0.380 e. The van der Waals surface area contributed by atoms with Crippen LogP contribution in [-0.2, 0) is 6.61 Å². The molecule has 0 unspecified atom stereocenters. The Morgan fingerprint density at radius 2 is 1.67 bits per heavy atom. The molecule has 0 spiro atoms. The highest BCUT2D eigenvalue weighted by Crippen LogP contribution is 2.64. The molecule has 0 saturated carbocycles. The van der Waals surface area contributed by atoms with E-state index < -0.39 is 41.1 Å². The first-order chi connectivity index (χ1) is 12.3. The van der Waals surface area contributed by atoms with Gasteiger partial charge in [0.05, 0.1) is 13.2 Å². The lowest BCUT2D eigenvalue weighted by Gasteiger charge is -2.26. The van der Waals surface area contributed by atoms with Crippen molar-refractivity contribution in [1.29, 1.82) is 0 Å². The van der Waals surface area contributed by atoms with Crippen LogP contribution in [0.15, 0.2) is 22.1 Å². The lowest BCUT2D eigenvalue weighted by atomic mass is 9.95. The molecule has 1 heterocycles. The Kier molecular flexibility index (Phi) is 6.16. The summed E-state index contributed by atoms with van der Waals surface area (Å²) in [5.41, 5.74) is -3.60. The van der Waals surface area contributed by atoms with Crippen LogP contribution in [-0.4, -0.2) is 40.3 Å². The van der Waals surface area contributed by atoms with E-state index in [4.69, 9.17) is 5.11 Å². The zero-order valence-electron chi connectivity index (χ0n) is 14.7. The molecule has 1 aromatic heterocycles. The highest BCUT2D eigenvalue weighted by Gasteiger charge is 2.80. The molecule has 0 amide bonds. The largest absolute Gasteiger partial charge is 0.396 e. The molecule has 1 aromatic rings. The number of alkyl halides is 6. The van der Waals surface area contributed by atoms with Crippen LogP contribution in [0.5, 0.6) is 0 Å². The van der Waals surface area contributed by atoms with E-state index in [0.717, 1.165) is 36.1 Å². The summed E-state index contributed by atoms with van der Waals surface area (Å²) in [6.07, 6.45) is 0. The van der Waals surface area contributed by atoms with E-state index >= 15 is 0 Å². The van der Waals surface area contributed by atoms with Crippen LogP contribution in [0.3, 0.4) is 0 Å². The van der Waals surface area contributed by atoms with Crippen LogP contribution < -0.4 is 0 Å². The fourth-order valence-electron chi connectivity index (χ4n) is 2.90. The van der Waals surface area contributed by atoms with Gasteiger partial charge in [-0.3, -0.25) is 0 Å². The maximum absolute atomic E-state index is 14.6. The minimum Gasteiger partial charge on any atom is -0.396 e. The van der Waals surface area contributed by atoms with Gasteiger partial charge < -0.3 is 10.2 Å². The summed E-state index contributed by atoms with van der Waals surface area (Å²) < 4.78 is 86.5. The van der Waals surface area contributed by atoms with Crippen molar-refractivity contribution in [3.05, 3.63) is 37.4 Å². The van der Waals surface area contributed by atoms with Gasteiger partial charge in [0.1, 0.15) is 0 Å². The summed E-state index contributed by atoms with van der Waals surface area (Å²) in [4.78, 5) is 0.477. The molecule has 0 saturated heterocycles. The van der Waals surface area contributed by atoms with Crippen LogP contribution in [0.4, 0.5) is 26.3 Å². The summed E-state index contributed by atoms with van der Waals surface area (Å²) in [6.45, 7) is 2.99. The number of hydrogen-bond acceptors (Lipinski definition) is 4. The lowest BCUT2D eigenvalue weighted by molar-refractivity contribution is -0.259. The van der Waals surface area contributed by atoms with Crippen LogP contribution in [0, 0.1) is 6.92 Å². The van der Waals surface area contributed by atoms with E-state index in [-0.39, 0.29) is 32.6 Å². The molecule has 0 fully saturated rings. The van der Waals surface area contributed by atoms with E-state index in [0.29, 0.717) is 0 Å². The lowest BCUT2D eigenvalue weighted by Crippen LogP contribution is -2.49. The molecule has 2 nitrogen and oxygen atoms in total. The zero-order chi connectivity index (χ0) is 20.8. The average molecular weight is 432 g/mol. The number of allylic oxidation sites excluding steroid dienone is 4. The van der Waals surface area contributed by atoms with Gasteiger partial charge in [0.25, 0.3) is 0 Å². The van der Waals surface area contributed by atoms with E-state index in [1.54, 1.807) is 0 Å². The minimum absolute atomic E-state index is 0.107. The Bertz CT molecular complexity index is 795. The molecule has 27 heavy (non-hydrogen) atoms. The van der Waals surface area contributed by atoms with Crippen molar-refractivity contribution in [1.82, 2.24) is 0 Å². The number of rotatable bonds is 6. The van der Waals surface area contributed by atoms with Gasteiger partial charge in [-0.05, 0) is 42.9 Å². The number of thiophene rings is 1. The third-order valence-corrected chi connectivity index (χ3v) is 6.53. The van der Waals surface area contributed by atoms with E-state index in [2.05, 4.69) is 0 Å². The maximum atomic E-state index is 14.6. The zero-order valence-corrected chi connectivity index (χ0v) is 16.3. The standard InChI is InChI=1S/C17H18F6O2S2/c1-8(9(2)26-5-4-24)13-14(12-6-11(7-25)27-10(12)3)16(20,21)17(22,23)15(13,18)19/h6,24-25H,4-5,7H2,1-3H3/b9-8+.